The number of halogens is 1. The van der Waals surface area contributed by atoms with Crippen LogP contribution in [0.5, 0.6) is 0 Å². The van der Waals surface area contributed by atoms with Gasteiger partial charge in [-0.05, 0) is 37.1 Å². The first-order valence-corrected chi connectivity index (χ1v) is 4.60. The van der Waals surface area contributed by atoms with Crippen LogP contribution in [0.1, 0.15) is 24.1 Å². The summed E-state index contributed by atoms with van der Waals surface area (Å²) in [6.45, 7) is 3.93. The van der Waals surface area contributed by atoms with Crippen molar-refractivity contribution in [2.75, 3.05) is 0 Å². The van der Waals surface area contributed by atoms with Crippen LogP contribution < -0.4 is 5.48 Å². The van der Waals surface area contributed by atoms with Gasteiger partial charge in [0.2, 0.25) is 0 Å². The van der Waals surface area contributed by atoms with Crippen molar-refractivity contribution in [1.29, 1.82) is 0 Å². The molecule has 0 amide bonds. The molecule has 12 heavy (non-hydrogen) atoms. The number of hydroxylamine groups is 1. The van der Waals surface area contributed by atoms with Crippen molar-refractivity contribution < 1.29 is 5.21 Å². The van der Waals surface area contributed by atoms with Crippen molar-refractivity contribution in [1.82, 2.24) is 5.48 Å². The van der Waals surface area contributed by atoms with Gasteiger partial charge >= 0.3 is 0 Å². The normalized spacial score (nSPS) is 13.0. The highest BCUT2D eigenvalue weighted by Crippen LogP contribution is 2.20. The maximum absolute atomic E-state index is 8.72. The Bertz CT molecular complexity index is 275. The van der Waals surface area contributed by atoms with Gasteiger partial charge in [0.25, 0.3) is 0 Å². The van der Waals surface area contributed by atoms with E-state index in [2.05, 4.69) is 21.4 Å². The lowest BCUT2D eigenvalue weighted by Gasteiger charge is -2.12. The van der Waals surface area contributed by atoms with Gasteiger partial charge in [-0.15, -0.1) is 0 Å². The van der Waals surface area contributed by atoms with E-state index in [1.807, 2.05) is 32.0 Å². The number of nitrogens with one attached hydrogen (secondary N) is 1. The molecule has 0 saturated heterocycles. The van der Waals surface area contributed by atoms with E-state index < -0.39 is 0 Å². The summed E-state index contributed by atoms with van der Waals surface area (Å²) in [7, 11) is 0. The highest BCUT2D eigenvalue weighted by molar-refractivity contribution is 9.10. The molecule has 2 N–H and O–H groups in total. The van der Waals surface area contributed by atoms with Gasteiger partial charge in [0.1, 0.15) is 0 Å². The van der Waals surface area contributed by atoms with Crippen molar-refractivity contribution in [3.8, 4) is 0 Å². The van der Waals surface area contributed by atoms with Crippen LogP contribution in [0.25, 0.3) is 0 Å². The van der Waals surface area contributed by atoms with Gasteiger partial charge in [0.15, 0.2) is 0 Å². The molecule has 0 unspecified atom stereocenters. The summed E-state index contributed by atoms with van der Waals surface area (Å²) in [5.41, 5.74) is 4.50. The van der Waals surface area contributed by atoms with E-state index >= 15 is 0 Å². The molecule has 1 rings (SSSR count). The minimum Gasteiger partial charge on any atom is -0.316 e. The molecule has 1 aromatic rings. The minimum atomic E-state index is -0.0156. The second kappa shape index (κ2) is 4.03. The summed E-state index contributed by atoms with van der Waals surface area (Å²) in [6, 6.07) is 5.98. The van der Waals surface area contributed by atoms with E-state index in [1.165, 1.54) is 5.56 Å². The Kier molecular flexibility index (Phi) is 3.26. The first-order chi connectivity index (χ1) is 5.65. The first kappa shape index (κ1) is 9.71. The summed E-state index contributed by atoms with van der Waals surface area (Å²) in [4.78, 5) is 0. The number of benzene rings is 1. The van der Waals surface area contributed by atoms with Crippen molar-refractivity contribution in [2.45, 2.75) is 19.9 Å². The van der Waals surface area contributed by atoms with Crippen LogP contribution in [0, 0.1) is 6.92 Å². The fourth-order valence-electron chi connectivity index (χ4n) is 1.19. The maximum atomic E-state index is 8.72. The molecule has 0 heterocycles. The number of hydrogen-bond acceptors (Lipinski definition) is 2. The fraction of sp³-hybridized carbons (Fsp3) is 0.333. The van der Waals surface area contributed by atoms with E-state index in [4.69, 9.17) is 5.21 Å². The average Bonchev–Trinajstić information content (AvgIpc) is 2.03. The fourth-order valence-corrected chi connectivity index (χ4v) is 1.67. The van der Waals surface area contributed by atoms with Crippen LogP contribution in [0.4, 0.5) is 0 Å². The Balaban J connectivity index is 3.01. The summed E-state index contributed by atoms with van der Waals surface area (Å²) < 4.78 is 1.06. The number of rotatable bonds is 2. The van der Waals surface area contributed by atoms with Gasteiger partial charge in [-0.25, -0.2) is 0 Å². The Morgan fingerprint density at radius 2 is 2.17 bits per heavy atom. The lowest BCUT2D eigenvalue weighted by Crippen LogP contribution is -2.14. The highest BCUT2D eigenvalue weighted by Gasteiger charge is 2.05. The van der Waals surface area contributed by atoms with Gasteiger partial charge in [-0.3, -0.25) is 0 Å². The quantitative estimate of drug-likeness (QED) is 0.765. The van der Waals surface area contributed by atoms with Crippen LogP contribution in [0.2, 0.25) is 0 Å². The van der Waals surface area contributed by atoms with E-state index in [0.717, 1.165) is 10.0 Å². The van der Waals surface area contributed by atoms with Crippen molar-refractivity contribution in [3.63, 3.8) is 0 Å². The Labute approximate surface area is 80.7 Å². The molecule has 0 spiro atoms. The van der Waals surface area contributed by atoms with Gasteiger partial charge in [0, 0.05) is 4.47 Å². The van der Waals surface area contributed by atoms with Gasteiger partial charge in [-0.2, -0.15) is 5.48 Å². The van der Waals surface area contributed by atoms with Crippen molar-refractivity contribution in [3.05, 3.63) is 33.8 Å². The predicted molar refractivity (Wildman–Crippen MR) is 52.2 cm³/mol. The molecule has 0 bridgehead atoms. The summed E-state index contributed by atoms with van der Waals surface area (Å²) in [5, 5.41) is 8.72. The van der Waals surface area contributed by atoms with Gasteiger partial charge < -0.3 is 5.21 Å². The van der Waals surface area contributed by atoms with Crippen LogP contribution >= 0.6 is 15.9 Å². The van der Waals surface area contributed by atoms with Gasteiger partial charge in [-0.1, -0.05) is 22.0 Å². The standard InChI is InChI=1S/C9H12BrNO/c1-6-5-8(10)3-4-9(6)7(2)11-12/h3-5,7,11-12H,1-2H3/t7-/m0/s1. The molecular weight excluding hydrogens is 218 g/mol. The van der Waals surface area contributed by atoms with E-state index in [9.17, 15) is 0 Å². The van der Waals surface area contributed by atoms with Gasteiger partial charge in [0.05, 0.1) is 6.04 Å². The largest absolute Gasteiger partial charge is 0.316 e. The number of hydrogen-bond donors (Lipinski definition) is 2. The third kappa shape index (κ3) is 2.06. The second-order valence-electron chi connectivity index (χ2n) is 2.85. The van der Waals surface area contributed by atoms with Crippen LogP contribution in [0.15, 0.2) is 22.7 Å². The molecule has 66 valence electrons. The minimum absolute atomic E-state index is 0.0156. The molecule has 0 fully saturated rings. The lowest BCUT2D eigenvalue weighted by molar-refractivity contribution is 0.133. The SMILES string of the molecule is Cc1cc(Br)ccc1[C@H](C)NO. The lowest BCUT2D eigenvalue weighted by atomic mass is 10.0. The number of aryl methyl sites for hydroxylation is 1. The zero-order valence-electron chi connectivity index (χ0n) is 7.13. The van der Waals surface area contributed by atoms with Crippen LogP contribution in [-0.4, -0.2) is 5.21 Å². The molecule has 1 atom stereocenters. The molecule has 3 heteroatoms. The average molecular weight is 230 g/mol. The topological polar surface area (TPSA) is 32.3 Å². The maximum Gasteiger partial charge on any atom is 0.0543 e. The third-order valence-electron chi connectivity index (χ3n) is 1.89. The Hall–Kier alpha value is -0.380. The smallest absolute Gasteiger partial charge is 0.0543 e. The summed E-state index contributed by atoms with van der Waals surface area (Å²) in [6.07, 6.45) is 0. The van der Waals surface area contributed by atoms with Crippen molar-refractivity contribution in [2.24, 2.45) is 0 Å². The second-order valence-corrected chi connectivity index (χ2v) is 3.77. The van der Waals surface area contributed by atoms with Crippen LogP contribution in [-0.2, 0) is 0 Å². The zero-order valence-corrected chi connectivity index (χ0v) is 8.72. The molecule has 0 aliphatic rings. The van der Waals surface area contributed by atoms with E-state index in [-0.39, 0.29) is 6.04 Å². The molecule has 0 aromatic heterocycles. The third-order valence-corrected chi connectivity index (χ3v) is 2.39. The summed E-state index contributed by atoms with van der Waals surface area (Å²) in [5.74, 6) is 0. The molecule has 0 radical (unpaired) electrons. The Morgan fingerprint density at radius 1 is 1.50 bits per heavy atom. The molecule has 1 aromatic carbocycles. The van der Waals surface area contributed by atoms with Crippen molar-refractivity contribution >= 4 is 15.9 Å². The van der Waals surface area contributed by atoms with E-state index in [0.29, 0.717) is 0 Å². The molecule has 2 nitrogen and oxygen atoms in total. The highest BCUT2D eigenvalue weighted by atomic mass is 79.9. The molecule has 0 aliphatic carbocycles. The monoisotopic (exact) mass is 229 g/mol. The molecule has 0 saturated carbocycles. The first-order valence-electron chi connectivity index (χ1n) is 3.81. The summed E-state index contributed by atoms with van der Waals surface area (Å²) >= 11 is 3.38. The molecule has 0 aliphatic heterocycles. The predicted octanol–water partition coefficient (Wildman–Crippen LogP) is 2.80. The van der Waals surface area contributed by atoms with E-state index in [1.54, 1.807) is 0 Å². The van der Waals surface area contributed by atoms with Crippen LogP contribution in [0.3, 0.4) is 0 Å². The zero-order chi connectivity index (χ0) is 9.14. The molecular formula is C9H12BrNO. The Morgan fingerprint density at radius 3 is 2.67 bits per heavy atom.